The molecule has 3 atom stereocenters. The number of thioether (sulfide) groups is 1. The number of carbonyl (C=O) groups excluding carboxylic acids is 4. The summed E-state index contributed by atoms with van der Waals surface area (Å²) in [4.78, 5) is 47.9. The Morgan fingerprint density at radius 1 is 1.17 bits per heavy atom. The van der Waals surface area contributed by atoms with Gasteiger partial charge in [0.25, 0.3) is 5.91 Å². The zero-order valence-electron chi connectivity index (χ0n) is 17.9. The van der Waals surface area contributed by atoms with Crippen LogP contribution >= 0.6 is 11.8 Å². The van der Waals surface area contributed by atoms with E-state index < -0.39 is 41.5 Å². The SMILES string of the molecule is CC(NC(=O)OC(C)(C)C)C(=O)NCC(=O)NC(CSC1CCCCO1)C(=O)NN. The molecule has 1 saturated heterocycles. The highest BCUT2D eigenvalue weighted by Gasteiger charge is 2.25. The molecule has 3 unspecified atom stereocenters. The third-order valence-electron chi connectivity index (χ3n) is 3.93. The summed E-state index contributed by atoms with van der Waals surface area (Å²) < 4.78 is 10.7. The summed E-state index contributed by atoms with van der Waals surface area (Å²) in [7, 11) is 0. The van der Waals surface area contributed by atoms with Crippen molar-refractivity contribution in [1.82, 2.24) is 21.4 Å². The number of hydrazine groups is 1. The molecule has 0 aliphatic carbocycles. The van der Waals surface area contributed by atoms with E-state index in [2.05, 4.69) is 16.0 Å². The smallest absolute Gasteiger partial charge is 0.408 e. The van der Waals surface area contributed by atoms with Gasteiger partial charge in [-0.2, -0.15) is 0 Å². The number of rotatable bonds is 9. The molecule has 172 valence electrons. The van der Waals surface area contributed by atoms with Gasteiger partial charge in [-0.15, -0.1) is 11.8 Å². The summed E-state index contributed by atoms with van der Waals surface area (Å²) >= 11 is 1.43. The molecule has 0 bridgehead atoms. The molecule has 1 heterocycles. The lowest BCUT2D eigenvalue weighted by Gasteiger charge is -2.24. The molecule has 0 saturated carbocycles. The Labute approximate surface area is 180 Å². The molecule has 11 nitrogen and oxygen atoms in total. The molecule has 30 heavy (non-hydrogen) atoms. The summed E-state index contributed by atoms with van der Waals surface area (Å²) in [6.07, 6.45) is 2.21. The van der Waals surface area contributed by atoms with E-state index in [1.807, 2.05) is 5.43 Å². The molecule has 0 aromatic carbocycles. The third-order valence-corrected chi connectivity index (χ3v) is 5.20. The van der Waals surface area contributed by atoms with Gasteiger partial charge in [-0.1, -0.05) is 0 Å². The van der Waals surface area contributed by atoms with Crippen molar-refractivity contribution in [3.63, 3.8) is 0 Å². The zero-order chi connectivity index (χ0) is 22.7. The molecule has 12 heteroatoms. The highest BCUT2D eigenvalue weighted by molar-refractivity contribution is 7.99. The maximum atomic E-state index is 12.2. The molecule has 6 N–H and O–H groups in total. The van der Waals surface area contributed by atoms with Gasteiger partial charge in [0.05, 0.1) is 6.54 Å². The Morgan fingerprint density at radius 3 is 2.43 bits per heavy atom. The van der Waals surface area contributed by atoms with Crippen molar-refractivity contribution in [3.05, 3.63) is 0 Å². The van der Waals surface area contributed by atoms with Crippen LogP contribution in [0.3, 0.4) is 0 Å². The third kappa shape index (κ3) is 10.6. The fourth-order valence-electron chi connectivity index (χ4n) is 2.45. The first-order valence-electron chi connectivity index (χ1n) is 9.82. The second-order valence-corrected chi connectivity index (χ2v) is 9.04. The van der Waals surface area contributed by atoms with Crippen molar-refractivity contribution in [2.75, 3.05) is 18.9 Å². The molecule has 4 amide bonds. The van der Waals surface area contributed by atoms with Gasteiger partial charge in [-0.05, 0) is 47.0 Å². The van der Waals surface area contributed by atoms with Crippen molar-refractivity contribution in [3.8, 4) is 0 Å². The number of nitrogens with two attached hydrogens (primary N) is 1. The molecule has 1 aliphatic rings. The average Bonchev–Trinajstić information content (AvgIpc) is 2.67. The maximum absolute atomic E-state index is 12.2. The molecule has 1 rings (SSSR count). The topological polar surface area (TPSA) is 161 Å². The number of alkyl carbamates (subject to hydrolysis) is 1. The van der Waals surface area contributed by atoms with Gasteiger partial charge in [-0.3, -0.25) is 19.8 Å². The fourth-order valence-corrected chi connectivity index (χ4v) is 3.61. The fraction of sp³-hybridized carbons (Fsp3) is 0.778. The molecular formula is C18H33N5O6S. The van der Waals surface area contributed by atoms with E-state index in [0.717, 1.165) is 19.3 Å². The Morgan fingerprint density at radius 2 is 1.87 bits per heavy atom. The van der Waals surface area contributed by atoms with Crippen LogP contribution in [0.25, 0.3) is 0 Å². The van der Waals surface area contributed by atoms with E-state index in [0.29, 0.717) is 6.61 Å². The average molecular weight is 448 g/mol. The summed E-state index contributed by atoms with van der Waals surface area (Å²) in [5.41, 5.74) is 1.31. The van der Waals surface area contributed by atoms with Gasteiger partial charge >= 0.3 is 6.09 Å². The van der Waals surface area contributed by atoms with E-state index in [1.54, 1.807) is 20.8 Å². The van der Waals surface area contributed by atoms with Crippen LogP contribution in [0, 0.1) is 0 Å². The maximum Gasteiger partial charge on any atom is 0.408 e. The lowest BCUT2D eigenvalue weighted by atomic mass is 10.2. The second-order valence-electron chi connectivity index (χ2n) is 7.84. The number of nitrogens with one attached hydrogen (secondary N) is 4. The van der Waals surface area contributed by atoms with Crippen molar-refractivity contribution in [2.45, 2.75) is 70.1 Å². The van der Waals surface area contributed by atoms with Crippen LogP contribution in [0.15, 0.2) is 0 Å². The minimum atomic E-state index is -0.908. The van der Waals surface area contributed by atoms with Gasteiger partial charge in [0, 0.05) is 12.4 Å². The van der Waals surface area contributed by atoms with Crippen LogP contribution in [0.4, 0.5) is 4.79 Å². The molecule has 1 fully saturated rings. The first-order valence-corrected chi connectivity index (χ1v) is 10.9. The van der Waals surface area contributed by atoms with Crippen molar-refractivity contribution in [1.29, 1.82) is 0 Å². The molecule has 1 aliphatic heterocycles. The second kappa shape index (κ2) is 12.6. The summed E-state index contributed by atoms with van der Waals surface area (Å²) in [6, 6.07) is -1.78. The predicted octanol–water partition coefficient (Wildman–Crippen LogP) is -0.250. The molecule has 0 aromatic heterocycles. The normalized spacial score (nSPS) is 18.5. The van der Waals surface area contributed by atoms with Gasteiger partial charge in [-0.25, -0.2) is 10.6 Å². The Hall–Kier alpha value is -2.05. The van der Waals surface area contributed by atoms with Gasteiger partial charge in [0.1, 0.15) is 23.1 Å². The van der Waals surface area contributed by atoms with Crippen LogP contribution in [-0.2, 0) is 23.9 Å². The lowest BCUT2D eigenvalue weighted by molar-refractivity contribution is -0.129. The Bertz CT molecular complexity index is 606. The van der Waals surface area contributed by atoms with E-state index in [-0.39, 0.29) is 17.7 Å². The summed E-state index contributed by atoms with van der Waals surface area (Å²) in [5, 5.41) is 7.32. The van der Waals surface area contributed by atoms with Gasteiger partial charge in [0.2, 0.25) is 11.8 Å². The molecule has 0 radical (unpaired) electrons. The monoisotopic (exact) mass is 447 g/mol. The quantitative estimate of drug-likeness (QED) is 0.184. The number of carbonyl (C=O) groups is 4. The number of ether oxygens (including phenoxy) is 2. The first kappa shape index (κ1) is 26.0. The van der Waals surface area contributed by atoms with Crippen LogP contribution in [0.1, 0.15) is 47.0 Å². The van der Waals surface area contributed by atoms with E-state index in [4.69, 9.17) is 15.3 Å². The standard InChI is InChI=1S/C18H33N5O6S/c1-11(21-17(27)29-18(2,3)4)15(25)20-9-13(24)22-12(16(26)23-19)10-30-14-7-5-6-8-28-14/h11-12,14H,5-10,19H2,1-4H3,(H,20,25)(H,21,27)(H,22,24)(H,23,26). The van der Waals surface area contributed by atoms with E-state index in [1.165, 1.54) is 18.7 Å². The van der Waals surface area contributed by atoms with E-state index >= 15 is 0 Å². The highest BCUT2D eigenvalue weighted by atomic mass is 32.2. The van der Waals surface area contributed by atoms with Crippen LogP contribution in [0.2, 0.25) is 0 Å². The molecule has 0 spiro atoms. The summed E-state index contributed by atoms with van der Waals surface area (Å²) in [5.74, 6) is 3.80. The molecular weight excluding hydrogens is 414 g/mol. The van der Waals surface area contributed by atoms with Crippen LogP contribution in [0.5, 0.6) is 0 Å². The van der Waals surface area contributed by atoms with Gasteiger partial charge in [0.15, 0.2) is 0 Å². The highest BCUT2D eigenvalue weighted by Crippen LogP contribution is 2.23. The predicted molar refractivity (Wildman–Crippen MR) is 112 cm³/mol. The Kier molecular flexibility index (Phi) is 10.9. The minimum Gasteiger partial charge on any atom is -0.444 e. The van der Waals surface area contributed by atoms with Gasteiger partial charge < -0.3 is 25.4 Å². The van der Waals surface area contributed by atoms with Crippen molar-refractivity contribution < 1.29 is 28.7 Å². The number of hydrogen-bond donors (Lipinski definition) is 5. The molecule has 0 aromatic rings. The number of amides is 4. The van der Waals surface area contributed by atoms with Crippen LogP contribution in [-0.4, -0.2) is 65.8 Å². The number of hydrogen-bond acceptors (Lipinski definition) is 8. The van der Waals surface area contributed by atoms with Crippen LogP contribution < -0.4 is 27.2 Å². The van der Waals surface area contributed by atoms with E-state index in [9.17, 15) is 19.2 Å². The van der Waals surface area contributed by atoms with Crippen molar-refractivity contribution >= 4 is 35.6 Å². The largest absolute Gasteiger partial charge is 0.444 e. The Balaban J connectivity index is 2.43. The van der Waals surface area contributed by atoms with Crippen molar-refractivity contribution in [2.24, 2.45) is 5.84 Å². The zero-order valence-corrected chi connectivity index (χ0v) is 18.7. The first-order chi connectivity index (χ1) is 14.0. The lowest BCUT2D eigenvalue weighted by Crippen LogP contribution is -2.53. The minimum absolute atomic E-state index is 0.0248. The summed E-state index contributed by atoms with van der Waals surface area (Å²) in [6.45, 7) is 6.89.